The van der Waals surface area contributed by atoms with E-state index in [1.807, 2.05) is 54.6 Å². The van der Waals surface area contributed by atoms with Crippen molar-refractivity contribution in [3.05, 3.63) is 89.9 Å². The smallest absolute Gasteiger partial charge is 0.125 e. The Kier molecular flexibility index (Phi) is 5.28. The van der Waals surface area contributed by atoms with Crippen LogP contribution in [0.4, 0.5) is 0 Å². The highest BCUT2D eigenvalue weighted by atomic mass is 32.2. The quantitative estimate of drug-likeness (QED) is 0.721. The predicted molar refractivity (Wildman–Crippen MR) is 97.3 cm³/mol. The molecule has 3 rings (SSSR count). The first-order valence-electron chi connectivity index (χ1n) is 7.93. The lowest BCUT2D eigenvalue weighted by Crippen LogP contribution is -2.25. The normalized spacial score (nSPS) is 14.9. The zero-order valence-electron chi connectivity index (χ0n) is 13.8. The SMILES string of the molecule is C[C@H](N[C@H](c1ccccc1)c1ccco1)c1ccc([S@@](C)=O)cc1. The van der Waals surface area contributed by atoms with Crippen molar-refractivity contribution in [2.75, 3.05) is 6.26 Å². The maximum Gasteiger partial charge on any atom is 0.125 e. The molecular formula is C20H21NO2S. The molecule has 0 aliphatic rings. The minimum absolute atomic E-state index is 0.0174. The van der Waals surface area contributed by atoms with E-state index < -0.39 is 10.8 Å². The van der Waals surface area contributed by atoms with Crippen LogP contribution in [0.15, 0.2) is 82.3 Å². The Morgan fingerprint density at radius 2 is 1.62 bits per heavy atom. The fourth-order valence-electron chi connectivity index (χ4n) is 2.74. The first-order chi connectivity index (χ1) is 11.6. The number of hydrogen-bond donors (Lipinski definition) is 1. The Bertz CT molecular complexity index is 782. The monoisotopic (exact) mass is 339 g/mol. The van der Waals surface area contributed by atoms with Crippen molar-refractivity contribution < 1.29 is 8.63 Å². The average molecular weight is 339 g/mol. The van der Waals surface area contributed by atoms with Crippen molar-refractivity contribution in [1.29, 1.82) is 0 Å². The van der Waals surface area contributed by atoms with Gasteiger partial charge in [-0.25, -0.2) is 0 Å². The van der Waals surface area contributed by atoms with E-state index in [2.05, 4.69) is 24.4 Å². The fourth-order valence-corrected chi connectivity index (χ4v) is 3.26. The van der Waals surface area contributed by atoms with Crippen LogP contribution in [0.5, 0.6) is 0 Å². The van der Waals surface area contributed by atoms with E-state index in [1.165, 1.54) is 0 Å². The average Bonchev–Trinajstić information content (AvgIpc) is 3.14. The van der Waals surface area contributed by atoms with Crippen molar-refractivity contribution in [3.8, 4) is 0 Å². The van der Waals surface area contributed by atoms with Crippen molar-refractivity contribution in [1.82, 2.24) is 5.32 Å². The molecule has 0 radical (unpaired) electrons. The molecule has 0 unspecified atom stereocenters. The molecule has 3 nitrogen and oxygen atoms in total. The number of nitrogens with one attached hydrogen (secondary N) is 1. The molecule has 1 heterocycles. The third-order valence-corrected chi connectivity index (χ3v) is 5.03. The molecular weight excluding hydrogens is 318 g/mol. The summed E-state index contributed by atoms with van der Waals surface area (Å²) in [5.74, 6) is 0.888. The van der Waals surface area contributed by atoms with Crippen LogP contribution in [0.25, 0.3) is 0 Å². The molecule has 0 spiro atoms. The maximum atomic E-state index is 11.5. The fraction of sp³-hybridized carbons (Fsp3) is 0.200. The van der Waals surface area contributed by atoms with Crippen LogP contribution < -0.4 is 5.32 Å². The van der Waals surface area contributed by atoms with Crippen LogP contribution in [0.1, 0.15) is 35.9 Å². The maximum absolute atomic E-state index is 11.5. The number of furan rings is 1. The topological polar surface area (TPSA) is 42.2 Å². The van der Waals surface area contributed by atoms with Crippen LogP contribution >= 0.6 is 0 Å². The van der Waals surface area contributed by atoms with Gasteiger partial charge in [0.2, 0.25) is 0 Å². The highest BCUT2D eigenvalue weighted by Crippen LogP contribution is 2.26. The molecule has 1 aromatic heterocycles. The summed E-state index contributed by atoms with van der Waals surface area (Å²) in [4.78, 5) is 0.844. The number of benzene rings is 2. The van der Waals surface area contributed by atoms with E-state index >= 15 is 0 Å². The summed E-state index contributed by atoms with van der Waals surface area (Å²) in [5.41, 5.74) is 2.31. The standard InChI is InChI=1S/C20H21NO2S/c1-15(16-10-12-18(13-11-16)24(2)22)21-20(19-9-6-14-23-19)17-7-4-3-5-8-17/h3-15,20-21H,1-2H3/t15-,20+,24+/m0/s1. The summed E-state index contributed by atoms with van der Waals surface area (Å²) in [6, 6.07) is 22.2. The Morgan fingerprint density at radius 3 is 2.21 bits per heavy atom. The van der Waals surface area contributed by atoms with E-state index in [0.29, 0.717) is 0 Å². The lowest BCUT2D eigenvalue weighted by atomic mass is 10.0. The second-order valence-corrected chi connectivity index (χ2v) is 7.15. The second kappa shape index (κ2) is 7.60. The number of rotatable bonds is 6. The van der Waals surface area contributed by atoms with Crippen LogP contribution in [0.2, 0.25) is 0 Å². The molecule has 2 aromatic carbocycles. The second-order valence-electron chi connectivity index (χ2n) is 5.77. The zero-order valence-corrected chi connectivity index (χ0v) is 14.6. The van der Waals surface area contributed by atoms with Crippen molar-refractivity contribution in [3.63, 3.8) is 0 Å². The van der Waals surface area contributed by atoms with Crippen LogP contribution in [0.3, 0.4) is 0 Å². The van der Waals surface area contributed by atoms with Gasteiger partial charge in [0.1, 0.15) is 5.76 Å². The van der Waals surface area contributed by atoms with Crippen LogP contribution in [-0.2, 0) is 10.8 Å². The Labute approximate surface area is 145 Å². The molecule has 3 atom stereocenters. The molecule has 0 aliphatic carbocycles. The first kappa shape index (κ1) is 16.7. The van der Waals surface area contributed by atoms with Gasteiger partial charge >= 0.3 is 0 Å². The summed E-state index contributed by atoms with van der Waals surface area (Å²) in [5, 5.41) is 3.63. The van der Waals surface area contributed by atoms with E-state index in [-0.39, 0.29) is 12.1 Å². The van der Waals surface area contributed by atoms with Gasteiger partial charge in [0.25, 0.3) is 0 Å². The summed E-state index contributed by atoms with van der Waals surface area (Å²) in [6.07, 6.45) is 3.39. The lowest BCUT2D eigenvalue weighted by molar-refractivity contribution is 0.419. The van der Waals surface area contributed by atoms with Crippen molar-refractivity contribution >= 4 is 10.8 Å². The molecule has 0 fully saturated rings. The van der Waals surface area contributed by atoms with Crippen LogP contribution in [0, 0.1) is 0 Å². The molecule has 0 saturated heterocycles. The predicted octanol–water partition coefficient (Wildman–Crippen LogP) is 4.46. The Balaban J connectivity index is 1.83. The van der Waals surface area contributed by atoms with Gasteiger partial charge in [-0.1, -0.05) is 42.5 Å². The minimum atomic E-state index is -0.951. The summed E-state index contributed by atoms with van der Waals surface area (Å²) in [6.45, 7) is 2.12. The van der Waals surface area contributed by atoms with Gasteiger partial charge in [0.05, 0.1) is 12.3 Å². The summed E-state index contributed by atoms with van der Waals surface area (Å²) < 4.78 is 17.2. The van der Waals surface area contributed by atoms with Crippen molar-refractivity contribution in [2.24, 2.45) is 0 Å². The molecule has 0 amide bonds. The van der Waals surface area contributed by atoms with E-state index in [0.717, 1.165) is 21.8 Å². The van der Waals surface area contributed by atoms with Gasteiger partial charge < -0.3 is 4.42 Å². The highest BCUT2D eigenvalue weighted by molar-refractivity contribution is 7.84. The van der Waals surface area contributed by atoms with Gasteiger partial charge in [0, 0.05) is 28.0 Å². The van der Waals surface area contributed by atoms with E-state index in [1.54, 1.807) is 12.5 Å². The molecule has 1 N–H and O–H groups in total. The summed E-state index contributed by atoms with van der Waals surface area (Å²) >= 11 is 0. The van der Waals surface area contributed by atoms with Gasteiger partial charge in [0.15, 0.2) is 0 Å². The highest BCUT2D eigenvalue weighted by Gasteiger charge is 2.19. The van der Waals surface area contributed by atoms with Gasteiger partial charge in [-0.05, 0) is 42.3 Å². The molecule has 0 aliphatic heterocycles. The number of hydrogen-bond acceptors (Lipinski definition) is 3. The lowest BCUT2D eigenvalue weighted by Gasteiger charge is -2.23. The third-order valence-electron chi connectivity index (χ3n) is 4.09. The molecule has 3 aromatic rings. The Hall–Kier alpha value is -2.17. The summed E-state index contributed by atoms with van der Waals surface area (Å²) in [7, 11) is -0.951. The van der Waals surface area contributed by atoms with Gasteiger partial charge in [-0.2, -0.15) is 0 Å². The molecule has 0 bridgehead atoms. The molecule has 24 heavy (non-hydrogen) atoms. The van der Waals surface area contributed by atoms with Gasteiger partial charge in [-0.15, -0.1) is 0 Å². The van der Waals surface area contributed by atoms with Crippen molar-refractivity contribution in [2.45, 2.75) is 23.9 Å². The Morgan fingerprint density at radius 1 is 0.917 bits per heavy atom. The van der Waals surface area contributed by atoms with E-state index in [4.69, 9.17) is 4.42 Å². The molecule has 0 saturated carbocycles. The zero-order chi connectivity index (χ0) is 16.9. The van der Waals surface area contributed by atoms with E-state index in [9.17, 15) is 4.21 Å². The first-order valence-corrected chi connectivity index (χ1v) is 9.49. The van der Waals surface area contributed by atoms with Crippen LogP contribution in [-0.4, -0.2) is 10.5 Å². The van der Waals surface area contributed by atoms with Gasteiger partial charge in [-0.3, -0.25) is 9.53 Å². The largest absolute Gasteiger partial charge is 0.467 e. The molecule has 4 heteroatoms. The third kappa shape index (κ3) is 3.83. The minimum Gasteiger partial charge on any atom is -0.467 e. The molecule has 124 valence electrons.